The highest BCUT2D eigenvalue weighted by Gasteiger charge is 2.13. The van der Waals surface area contributed by atoms with Gasteiger partial charge in [-0.1, -0.05) is 5.16 Å². The van der Waals surface area contributed by atoms with Crippen LogP contribution in [0.3, 0.4) is 0 Å². The summed E-state index contributed by atoms with van der Waals surface area (Å²) in [5.74, 6) is 2.62. The number of hydrogen-bond acceptors (Lipinski definition) is 6. The predicted octanol–water partition coefficient (Wildman–Crippen LogP) is 0.380. The average Bonchev–Trinajstić information content (AvgIpc) is 2.75. The van der Waals surface area contributed by atoms with Crippen molar-refractivity contribution in [2.24, 2.45) is 0 Å². The predicted molar refractivity (Wildman–Crippen MR) is 64.5 cm³/mol. The van der Waals surface area contributed by atoms with E-state index in [1.165, 1.54) is 0 Å². The Hall–Kier alpha value is -0.590. The minimum absolute atomic E-state index is 0.763. The third-order valence-electron chi connectivity index (χ3n) is 2.60. The highest BCUT2D eigenvalue weighted by molar-refractivity contribution is 7.98. The number of aromatic nitrogens is 2. The van der Waals surface area contributed by atoms with Gasteiger partial charge in [-0.05, 0) is 6.26 Å². The van der Waals surface area contributed by atoms with Crippen molar-refractivity contribution in [2.45, 2.75) is 13.0 Å². The molecule has 0 radical (unpaired) electrons. The lowest BCUT2D eigenvalue weighted by atomic mass is 10.3. The first-order valence-electron chi connectivity index (χ1n) is 5.62. The van der Waals surface area contributed by atoms with E-state index < -0.39 is 0 Å². The summed E-state index contributed by atoms with van der Waals surface area (Å²) in [6, 6.07) is 0. The van der Waals surface area contributed by atoms with Crippen LogP contribution in [0.1, 0.15) is 11.7 Å². The molecule has 0 aliphatic carbocycles. The summed E-state index contributed by atoms with van der Waals surface area (Å²) in [5, 5.41) is 7.33. The van der Waals surface area contributed by atoms with Gasteiger partial charge in [0.1, 0.15) is 0 Å². The van der Waals surface area contributed by atoms with Gasteiger partial charge in [0, 0.05) is 38.4 Å². The van der Waals surface area contributed by atoms with Crippen molar-refractivity contribution in [2.75, 3.05) is 38.2 Å². The zero-order chi connectivity index (χ0) is 11.2. The Balaban J connectivity index is 1.81. The molecule has 16 heavy (non-hydrogen) atoms. The number of nitrogens with one attached hydrogen (secondary N) is 1. The molecule has 0 bridgehead atoms. The lowest BCUT2D eigenvalue weighted by Crippen LogP contribution is -2.43. The van der Waals surface area contributed by atoms with Gasteiger partial charge in [0.2, 0.25) is 5.89 Å². The monoisotopic (exact) mass is 242 g/mol. The molecule has 2 rings (SSSR count). The quantitative estimate of drug-likeness (QED) is 0.805. The summed E-state index contributed by atoms with van der Waals surface area (Å²) in [6.45, 7) is 5.04. The third kappa shape index (κ3) is 3.47. The van der Waals surface area contributed by atoms with Crippen molar-refractivity contribution in [1.82, 2.24) is 20.4 Å². The van der Waals surface area contributed by atoms with Crippen molar-refractivity contribution in [3.05, 3.63) is 11.7 Å². The Bertz CT molecular complexity index is 312. The maximum absolute atomic E-state index is 5.19. The molecule has 0 aromatic carbocycles. The van der Waals surface area contributed by atoms with Crippen LogP contribution >= 0.6 is 11.8 Å². The van der Waals surface area contributed by atoms with E-state index >= 15 is 0 Å². The fourth-order valence-electron chi connectivity index (χ4n) is 1.71. The summed E-state index contributed by atoms with van der Waals surface area (Å²) in [6.07, 6.45) is 2.95. The molecule has 0 unspecified atom stereocenters. The average molecular weight is 242 g/mol. The molecule has 1 aromatic rings. The minimum atomic E-state index is 0.763. The molecule has 0 amide bonds. The maximum atomic E-state index is 5.19. The number of piperazine rings is 1. The smallest absolute Gasteiger partial charge is 0.227 e. The number of hydrogen-bond donors (Lipinski definition) is 1. The maximum Gasteiger partial charge on any atom is 0.227 e. The Morgan fingerprint density at radius 3 is 3.00 bits per heavy atom. The van der Waals surface area contributed by atoms with Crippen molar-refractivity contribution >= 4 is 11.8 Å². The number of aryl methyl sites for hydroxylation is 1. The summed E-state index contributed by atoms with van der Waals surface area (Å²) < 4.78 is 5.19. The third-order valence-corrected chi connectivity index (χ3v) is 3.22. The summed E-state index contributed by atoms with van der Waals surface area (Å²) in [4.78, 5) is 6.74. The first-order chi connectivity index (χ1) is 7.88. The van der Waals surface area contributed by atoms with Crippen LogP contribution in [-0.2, 0) is 13.0 Å². The molecule has 1 saturated heterocycles. The molecule has 1 aliphatic heterocycles. The van der Waals surface area contributed by atoms with Crippen LogP contribution in [0.25, 0.3) is 0 Å². The Kier molecular flexibility index (Phi) is 4.62. The van der Waals surface area contributed by atoms with Crippen LogP contribution in [0, 0.1) is 0 Å². The molecule has 5 nitrogen and oxygen atoms in total. The molecule has 90 valence electrons. The molecule has 0 atom stereocenters. The fourth-order valence-corrected chi connectivity index (χ4v) is 2.09. The molecule has 2 heterocycles. The van der Waals surface area contributed by atoms with Gasteiger partial charge in [-0.2, -0.15) is 16.7 Å². The molecule has 0 saturated carbocycles. The number of nitrogens with zero attached hydrogens (tertiary/aromatic N) is 3. The number of rotatable bonds is 5. The molecular formula is C10H18N4OS. The van der Waals surface area contributed by atoms with E-state index in [2.05, 4.69) is 26.6 Å². The molecular weight excluding hydrogens is 224 g/mol. The molecule has 1 fully saturated rings. The second-order valence-corrected chi connectivity index (χ2v) is 4.86. The Morgan fingerprint density at radius 2 is 2.25 bits per heavy atom. The van der Waals surface area contributed by atoms with Crippen LogP contribution in [-0.4, -0.2) is 53.2 Å². The Morgan fingerprint density at radius 1 is 1.44 bits per heavy atom. The SMILES string of the molecule is CSCCc1nc(CN2CCNCC2)no1. The van der Waals surface area contributed by atoms with Gasteiger partial charge in [-0.15, -0.1) is 0 Å². The fraction of sp³-hybridized carbons (Fsp3) is 0.800. The molecule has 6 heteroatoms. The zero-order valence-corrected chi connectivity index (χ0v) is 10.4. The standard InChI is InChI=1S/C10H18N4OS/c1-16-7-2-10-12-9(13-15-10)8-14-5-3-11-4-6-14/h11H,2-8H2,1H3. The van der Waals surface area contributed by atoms with Gasteiger partial charge < -0.3 is 9.84 Å². The molecule has 1 aromatic heterocycles. The second-order valence-electron chi connectivity index (χ2n) is 3.87. The van der Waals surface area contributed by atoms with Crippen LogP contribution in [0.2, 0.25) is 0 Å². The number of thioether (sulfide) groups is 1. The van der Waals surface area contributed by atoms with Crippen molar-refractivity contribution < 1.29 is 4.52 Å². The topological polar surface area (TPSA) is 54.2 Å². The van der Waals surface area contributed by atoms with Crippen LogP contribution in [0.15, 0.2) is 4.52 Å². The van der Waals surface area contributed by atoms with Crippen LogP contribution in [0.5, 0.6) is 0 Å². The summed E-state index contributed by atoms with van der Waals surface area (Å²) in [7, 11) is 0. The first kappa shape index (κ1) is 11.9. The van der Waals surface area contributed by atoms with E-state index in [9.17, 15) is 0 Å². The van der Waals surface area contributed by atoms with Gasteiger partial charge in [0.15, 0.2) is 5.82 Å². The van der Waals surface area contributed by atoms with E-state index in [4.69, 9.17) is 4.52 Å². The van der Waals surface area contributed by atoms with Gasteiger partial charge in [0.05, 0.1) is 6.54 Å². The second kappa shape index (κ2) is 6.22. The first-order valence-corrected chi connectivity index (χ1v) is 7.01. The van der Waals surface area contributed by atoms with Gasteiger partial charge in [-0.25, -0.2) is 0 Å². The van der Waals surface area contributed by atoms with Gasteiger partial charge in [0.25, 0.3) is 0 Å². The molecule has 1 aliphatic rings. The van der Waals surface area contributed by atoms with E-state index in [-0.39, 0.29) is 0 Å². The highest BCUT2D eigenvalue weighted by Crippen LogP contribution is 2.05. The minimum Gasteiger partial charge on any atom is -0.339 e. The van der Waals surface area contributed by atoms with Crippen molar-refractivity contribution in [3.8, 4) is 0 Å². The van der Waals surface area contributed by atoms with E-state index in [1.807, 2.05) is 0 Å². The van der Waals surface area contributed by atoms with Gasteiger partial charge in [-0.3, -0.25) is 4.90 Å². The normalized spacial score (nSPS) is 17.8. The largest absolute Gasteiger partial charge is 0.339 e. The highest BCUT2D eigenvalue weighted by atomic mass is 32.2. The van der Waals surface area contributed by atoms with E-state index in [0.29, 0.717) is 0 Å². The summed E-state index contributed by atoms with van der Waals surface area (Å²) in [5.41, 5.74) is 0. The van der Waals surface area contributed by atoms with Crippen molar-refractivity contribution in [1.29, 1.82) is 0 Å². The van der Waals surface area contributed by atoms with Crippen LogP contribution < -0.4 is 5.32 Å². The van der Waals surface area contributed by atoms with Crippen molar-refractivity contribution in [3.63, 3.8) is 0 Å². The van der Waals surface area contributed by atoms with Crippen LogP contribution in [0.4, 0.5) is 0 Å². The molecule has 0 spiro atoms. The Labute approximate surface area is 100.0 Å². The van der Waals surface area contributed by atoms with E-state index in [1.54, 1.807) is 11.8 Å². The lowest BCUT2D eigenvalue weighted by Gasteiger charge is -2.25. The lowest BCUT2D eigenvalue weighted by molar-refractivity contribution is 0.224. The molecule has 1 N–H and O–H groups in total. The van der Waals surface area contributed by atoms with E-state index in [0.717, 1.165) is 56.6 Å². The van der Waals surface area contributed by atoms with Gasteiger partial charge >= 0.3 is 0 Å². The summed E-state index contributed by atoms with van der Waals surface area (Å²) >= 11 is 1.79. The zero-order valence-electron chi connectivity index (χ0n) is 9.61.